The van der Waals surface area contributed by atoms with Gasteiger partial charge in [0.2, 0.25) is 0 Å². The monoisotopic (exact) mass is 170 g/mol. The minimum absolute atomic E-state index is 0.188. The zero-order valence-corrected chi connectivity index (χ0v) is 5.85. The maximum absolute atomic E-state index is 12.1. The standard InChI is InChI=1S/C6H4F2N4/c7-5(8)4-1-2-12-6(11-4)9-3-10-12/h1-3,5H. The smallest absolute Gasteiger partial charge is 0.210 e. The predicted octanol–water partition coefficient (Wildman–Crippen LogP) is 1.06. The fraction of sp³-hybridized carbons (Fsp3) is 0.167. The molecule has 0 bridgehead atoms. The van der Waals surface area contributed by atoms with Gasteiger partial charge >= 0.3 is 0 Å². The van der Waals surface area contributed by atoms with Gasteiger partial charge in [0.15, 0.2) is 0 Å². The normalized spacial score (nSPS) is 11.2. The molecule has 0 fully saturated rings. The van der Waals surface area contributed by atoms with Gasteiger partial charge in [-0.15, -0.1) is 0 Å². The molecule has 0 amide bonds. The largest absolute Gasteiger partial charge is 0.280 e. The topological polar surface area (TPSA) is 43.1 Å². The van der Waals surface area contributed by atoms with E-state index in [4.69, 9.17) is 0 Å². The van der Waals surface area contributed by atoms with Crippen LogP contribution in [0.2, 0.25) is 0 Å². The zero-order chi connectivity index (χ0) is 8.55. The molecule has 2 heterocycles. The van der Waals surface area contributed by atoms with Crippen LogP contribution in [0.5, 0.6) is 0 Å². The van der Waals surface area contributed by atoms with E-state index in [0.717, 1.165) is 0 Å². The highest BCUT2D eigenvalue weighted by Crippen LogP contribution is 2.15. The lowest BCUT2D eigenvalue weighted by Gasteiger charge is -1.96. The fourth-order valence-electron chi connectivity index (χ4n) is 0.850. The Labute approximate surface area is 65.9 Å². The van der Waals surface area contributed by atoms with E-state index in [0.29, 0.717) is 0 Å². The van der Waals surface area contributed by atoms with Crippen LogP contribution in [-0.4, -0.2) is 19.6 Å². The Morgan fingerprint density at radius 1 is 1.42 bits per heavy atom. The molecule has 0 radical (unpaired) electrons. The second-order valence-electron chi connectivity index (χ2n) is 2.16. The Hall–Kier alpha value is -1.59. The molecule has 62 valence electrons. The van der Waals surface area contributed by atoms with Gasteiger partial charge in [-0.3, -0.25) is 0 Å². The van der Waals surface area contributed by atoms with Crippen LogP contribution in [-0.2, 0) is 0 Å². The maximum atomic E-state index is 12.1. The van der Waals surface area contributed by atoms with Crippen LogP contribution in [0.4, 0.5) is 8.78 Å². The first kappa shape index (κ1) is 7.08. The van der Waals surface area contributed by atoms with Crippen LogP contribution >= 0.6 is 0 Å². The summed E-state index contributed by atoms with van der Waals surface area (Å²) in [6.07, 6.45) is 0.0979. The first-order valence-electron chi connectivity index (χ1n) is 3.22. The first-order chi connectivity index (χ1) is 5.77. The Morgan fingerprint density at radius 2 is 2.25 bits per heavy atom. The van der Waals surface area contributed by atoms with E-state index in [1.54, 1.807) is 0 Å². The van der Waals surface area contributed by atoms with E-state index in [9.17, 15) is 8.78 Å². The van der Waals surface area contributed by atoms with Crippen molar-refractivity contribution in [2.75, 3.05) is 0 Å². The molecule has 4 nitrogen and oxygen atoms in total. The molecule has 0 spiro atoms. The molecule has 2 aromatic rings. The highest BCUT2D eigenvalue weighted by atomic mass is 19.3. The van der Waals surface area contributed by atoms with E-state index in [2.05, 4.69) is 15.1 Å². The van der Waals surface area contributed by atoms with Crippen molar-refractivity contribution >= 4 is 5.78 Å². The summed E-state index contributed by atoms with van der Waals surface area (Å²) in [7, 11) is 0. The quantitative estimate of drug-likeness (QED) is 0.642. The molecule has 0 saturated heterocycles. The fourth-order valence-corrected chi connectivity index (χ4v) is 0.850. The van der Waals surface area contributed by atoms with Crippen molar-refractivity contribution < 1.29 is 8.78 Å². The van der Waals surface area contributed by atoms with E-state index >= 15 is 0 Å². The highest BCUT2D eigenvalue weighted by Gasteiger charge is 2.09. The van der Waals surface area contributed by atoms with Crippen molar-refractivity contribution in [1.29, 1.82) is 0 Å². The Morgan fingerprint density at radius 3 is 3.00 bits per heavy atom. The summed E-state index contributed by atoms with van der Waals surface area (Å²) < 4.78 is 25.5. The van der Waals surface area contributed by atoms with Crippen LogP contribution in [0.3, 0.4) is 0 Å². The lowest BCUT2D eigenvalue weighted by Crippen LogP contribution is -1.95. The van der Waals surface area contributed by atoms with Gasteiger partial charge in [-0.05, 0) is 6.07 Å². The van der Waals surface area contributed by atoms with Gasteiger partial charge in [-0.2, -0.15) is 10.1 Å². The third-order valence-electron chi connectivity index (χ3n) is 1.39. The molecule has 0 aliphatic heterocycles. The van der Waals surface area contributed by atoms with Gasteiger partial charge in [0.25, 0.3) is 12.2 Å². The van der Waals surface area contributed by atoms with Crippen molar-refractivity contribution in [3.8, 4) is 0 Å². The Kier molecular flexibility index (Phi) is 1.46. The van der Waals surface area contributed by atoms with Gasteiger partial charge in [-0.25, -0.2) is 18.3 Å². The van der Waals surface area contributed by atoms with Crippen LogP contribution in [0.1, 0.15) is 12.1 Å². The third kappa shape index (κ3) is 1.01. The van der Waals surface area contributed by atoms with Crippen molar-refractivity contribution in [2.24, 2.45) is 0 Å². The Bertz CT molecular complexity index is 397. The molecule has 0 saturated carbocycles. The molecule has 2 rings (SSSR count). The van der Waals surface area contributed by atoms with Gasteiger partial charge in [-0.1, -0.05) is 0 Å². The molecule has 0 atom stereocenters. The second kappa shape index (κ2) is 2.47. The second-order valence-corrected chi connectivity index (χ2v) is 2.16. The highest BCUT2D eigenvalue weighted by molar-refractivity contribution is 5.26. The van der Waals surface area contributed by atoms with Crippen LogP contribution in [0.15, 0.2) is 18.6 Å². The molecular weight excluding hydrogens is 166 g/mol. The van der Waals surface area contributed by atoms with Gasteiger partial charge in [0.05, 0.1) is 0 Å². The minimum atomic E-state index is -2.56. The van der Waals surface area contributed by atoms with Gasteiger partial charge in [0, 0.05) is 6.20 Å². The molecule has 0 N–H and O–H groups in total. The third-order valence-corrected chi connectivity index (χ3v) is 1.39. The molecule has 0 aliphatic rings. The van der Waals surface area contributed by atoms with Gasteiger partial charge < -0.3 is 0 Å². The number of hydrogen-bond donors (Lipinski definition) is 0. The van der Waals surface area contributed by atoms with E-state index in [-0.39, 0.29) is 11.5 Å². The lowest BCUT2D eigenvalue weighted by atomic mass is 10.4. The summed E-state index contributed by atoms with van der Waals surface area (Å²) in [6.45, 7) is 0. The SMILES string of the molecule is FC(F)c1ccn2ncnc2n1. The van der Waals surface area contributed by atoms with E-state index in [1.165, 1.54) is 23.1 Å². The van der Waals surface area contributed by atoms with Crippen LogP contribution in [0, 0.1) is 0 Å². The van der Waals surface area contributed by atoms with Gasteiger partial charge in [0.1, 0.15) is 12.0 Å². The summed E-state index contributed by atoms with van der Waals surface area (Å²) in [5.41, 5.74) is -0.282. The lowest BCUT2D eigenvalue weighted by molar-refractivity contribution is 0.146. The summed E-state index contributed by atoms with van der Waals surface area (Å²) in [6, 6.07) is 1.21. The van der Waals surface area contributed by atoms with Crippen LogP contribution in [0.25, 0.3) is 5.78 Å². The maximum Gasteiger partial charge on any atom is 0.280 e. The zero-order valence-electron chi connectivity index (χ0n) is 5.85. The van der Waals surface area contributed by atoms with E-state index < -0.39 is 6.43 Å². The van der Waals surface area contributed by atoms with Crippen molar-refractivity contribution in [3.63, 3.8) is 0 Å². The summed E-state index contributed by atoms with van der Waals surface area (Å²) in [4.78, 5) is 7.24. The number of halogens is 2. The average Bonchev–Trinajstić information content (AvgIpc) is 2.49. The number of rotatable bonds is 1. The average molecular weight is 170 g/mol. The summed E-state index contributed by atoms with van der Waals surface area (Å²) >= 11 is 0. The number of alkyl halides is 2. The van der Waals surface area contributed by atoms with Crippen LogP contribution < -0.4 is 0 Å². The van der Waals surface area contributed by atoms with Crippen molar-refractivity contribution in [3.05, 3.63) is 24.3 Å². The number of fused-ring (bicyclic) bond motifs is 1. The summed E-state index contributed by atoms with van der Waals surface area (Å²) in [5.74, 6) is 0.188. The van der Waals surface area contributed by atoms with Crippen molar-refractivity contribution in [2.45, 2.75) is 6.43 Å². The molecule has 12 heavy (non-hydrogen) atoms. The molecule has 0 aliphatic carbocycles. The molecule has 0 aromatic carbocycles. The number of hydrogen-bond acceptors (Lipinski definition) is 3. The first-order valence-corrected chi connectivity index (χ1v) is 3.22. The van der Waals surface area contributed by atoms with Crippen molar-refractivity contribution in [1.82, 2.24) is 19.6 Å². The molecule has 2 aromatic heterocycles. The van der Waals surface area contributed by atoms with E-state index in [1.807, 2.05) is 0 Å². The number of nitrogens with zero attached hydrogens (tertiary/aromatic N) is 4. The molecule has 0 unspecified atom stereocenters. The molecule has 6 heteroatoms. The molecular formula is C6H4F2N4. The summed E-state index contributed by atoms with van der Waals surface area (Å²) in [5, 5.41) is 3.72. The number of aromatic nitrogens is 4. The Balaban J connectivity index is 2.60. The minimum Gasteiger partial charge on any atom is -0.210 e. The predicted molar refractivity (Wildman–Crippen MR) is 35.7 cm³/mol.